The molecule has 4 nitrogen and oxygen atoms in total. The van der Waals surface area contributed by atoms with Gasteiger partial charge >= 0.3 is 0 Å². The molecule has 0 radical (unpaired) electrons. The van der Waals surface area contributed by atoms with Crippen molar-refractivity contribution in [2.24, 2.45) is 0 Å². The summed E-state index contributed by atoms with van der Waals surface area (Å²) in [6, 6.07) is 7.85. The number of nitrogens with zero attached hydrogens (tertiary/aromatic N) is 2. The van der Waals surface area contributed by atoms with Crippen molar-refractivity contribution in [2.75, 3.05) is 26.2 Å². The summed E-state index contributed by atoms with van der Waals surface area (Å²) in [5, 5.41) is 4.11. The molecule has 1 aliphatic rings. The monoisotopic (exact) mass is 290 g/mol. The number of hydrogen-bond donors (Lipinski definition) is 2. The first-order valence-corrected chi connectivity index (χ1v) is 7.34. The first-order valence-electron chi connectivity index (χ1n) is 6.97. The second kappa shape index (κ2) is 5.95. The largest absolute Gasteiger partial charge is 0.344 e. The minimum absolute atomic E-state index is 0.744. The van der Waals surface area contributed by atoms with Crippen LogP contribution in [0.5, 0.6) is 0 Å². The van der Waals surface area contributed by atoms with E-state index in [4.69, 9.17) is 16.6 Å². The number of imidazole rings is 1. The highest BCUT2D eigenvalue weighted by Crippen LogP contribution is 2.24. The number of aryl methyl sites for hydroxylation is 1. The zero-order valence-electron chi connectivity index (χ0n) is 11.6. The van der Waals surface area contributed by atoms with E-state index in [1.54, 1.807) is 0 Å². The number of H-pyrrole nitrogens is 1. The van der Waals surface area contributed by atoms with Gasteiger partial charge in [0.15, 0.2) is 0 Å². The highest BCUT2D eigenvalue weighted by molar-refractivity contribution is 6.30. The van der Waals surface area contributed by atoms with E-state index >= 15 is 0 Å². The lowest BCUT2D eigenvalue weighted by atomic mass is 10.1. The third-order valence-corrected chi connectivity index (χ3v) is 3.85. The Bertz CT molecular complexity index is 587. The quantitative estimate of drug-likeness (QED) is 0.912. The van der Waals surface area contributed by atoms with Gasteiger partial charge in [0.1, 0.15) is 5.82 Å². The number of hydrogen-bond acceptors (Lipinski definition) is 3. The highest BCUT2D eigenvalue weighted by atomic mass is 35.5. The summed E-state index contributed by atoms with van der Waals surface area (Å²) in [7, 11) is 0. The van der Waals surface area contributed by atoms with E-state index in [-0.39, 0.29) is 0 Å². The highest BCUT2D eigenvalue weighted by Gasteiger charge is 2.14. The van der Waals surface area contributed by atoms with Crippen LogP contribution < -0.4 is 5.32 Å². The second-order valence-corrected chi connectivity index (χ2v) is 5.63. The summed E-state index contributed by atoms with van der Waals surface area (Å²) in [6.45, 7) is 7.20. The number of benzene rings is 1. The predicted molar refractivity (Wildman–Crippen MR) is 81.9 cm³/mol. The second-order valence-electron chi connectivity index (χ2n) is 5.19. The maximum atomic E-state index is 6.06. The standard InChI is InChI=1S/C15H19ClN4/c1-11-15(12-3-2-4-13(16)9-12)19-14(18-11)10-20-7-5-17-6-8-20/h2-4,9,17H,5-8,10H2,1H3,(H,18,19). The minimum Gasteiger partial charge on any atom is -0.344 e. The van der Waals surface area contributed by atoms with Crippen LogP contribution in [0.4, 0.5) is 0 Å². The molecule has 2 aromatic rings. The van der Waals surface area contributed by atoms with Crippen LogP contribution in [0.1, 0.15) is 11.5 Å². The molecule has 1 aliphatic heterocycles. The van der Waals surface area contributed by atoms with Gasteiger partial charge in [-0.3, -0.25) is 4.90 Å². The van der Waals surface area contributed by atoms with Crippen LogP contribution in [-0.4, -0.2) is 41.0 Å². The summed E-state index contributed by atoms with van der Waals surface area (Å²) < 4.78 is 0. The molecule has 1 saturated heterocycles. The van der Waals surface area contributed by atoms with Crippen molar-refractivity contribution in [3.8, 4) is 11.3 Å². The molecular formula is C15H19ClN4. The van der Waals surface area contributed by atoms with Gasteiger partial charge in [-0.05, 0) is 19.1 Å². The van der Waals surface area contributed by atoms with Gasteiger partial charge in [0.25, 0.3) is 0 Å². The molecular weight excluding hydrogens is 272 g/mol. The molecule has 1 aromatic heterocycles. The molecule has 5 heteroatoms. The Morgan fingerprint density at radius 1 is 1.30 bits per heavy atom. The van der Waals surface area contributed by atoms with E-state index in [9.17, 15) is 0 Å². The molecule has 0 saturated carbocycles. The average Bonchev–Trinajstić information content (AvgIpc) is 2.81. The molecule has 2 heterocycles. The number of rotatable bonds is 3. The molecule has 0 atom stereocenters. The van der Waals surface area contributed by atoms with Gasteiger partial charge < -0.3 is 10.3 Å². The lowest BCUT2D eigenvalue weighted by Gasteiger charge is -2.26. The van der Waals surface area contributed by atoms with E-state index in [0.717, 1.165) is 60.5 Å². The van der Waals surface area contributed by atoms with E-state index < -0.39 is 0 Å². The third kappa shape index (κ3) is 3.03. The third-order valence-electron chi connectivity index (χ3n) is 3.61. The molecule has 106 valence electrons. The van der Waals surface area contributed by atoms with E-state index in [0.29, 0.717) is 0 Å². The van der Waals surface area contributed by atoms with Crippen molar-refractivity contribution in [2.45, 2.75) is 13.5 Å². The van der Waals surface area contributed by atoms with E-state index in [2.05, 4.69) is 22.1 Å². The van der Waals surface area contributed by atoms with Crippen LogP contribution in [0.3, 0.4) is 0 Å². The zero-order valence-corrected chi connectivity index (χ0v) is 12.4. The van der Waals surface area contributed by atoms with Crippen LogP contribution >= 0.6 is 11.6 Å². The van der Waals surface area contributed by atoms with E-state index in [1.807, 2.05) is 24.3 Å². The SMILES string of the molecule is Cc1[nH]c(CN2CCNCC2)nc1-c1cccc(Cl)c1. The Hall–Kier alpha value is -1.36. The maximum absolute atomic E-state index is 6.06. The summed E-state index contributed by atoms with van der Waals surface area (Å²) in [5.41, 5.74) is 3.16. The molecule has 0 amide bonds. The average molecular weight is 291 g/mol. The minimum atomic E-state index is 0.744. The molecule has 0 aliphatic carbocycles. The lowest BCUT2D eigenvalue weighted by Crippen LogP contribution is -2.43. The van der Waals surface area contributed by atoms with Crippen molar-refractivity contribution < 1.29 is 0 Å². The fourth-order valence-electron chi connectivity index (χ4n) is 2.60. The molecule has 1 fully saturated rings. The molecule has 3 rings (SSSR count). The normalized spacial score (nSPS) is 16.5. The van der Waals surface area contributed by atoms with Crippen molar-refractivity contribution >= 4 is 11.6 Å². The maximum Gasteiger partial charge on any atom is 0.121 e. The van der Waals surface area contributed by atoms with Crippen LogP contribution in [0.15, 0.2) is 24.3 Å². The molecule has 0 unspecified atom stereocenters. The number of nitrogens with one attached hydrogen (secondary N) is 2. The van der Waals surface area contributed by atoms with Crippen LogP contribution in [0, 0.1) is 6.92 Å². The Morgan fingerprint density at radius 2 is 2.10 bits per heavy atom. The van der Waals surface area contributed by atoms with E-state index in [1.165, 1.54) is 0 Å². The van der Waals surface area contributed by atoms with Crippen molar-refractivity contribution in [1.82, 2.24) is 20.2 Å². The molecule has 1 aromatic carbocycles. The molecule has 2 N–H and O–H groups in total. The van der Waals surface area contributed by atoms with Gasteiger partial charge in [-0.1, -0.05) is 23.7 Å². The Kier molecular flexibility index (Phi) is 4.05. The van der Waals surface area contributed by atoms with Gasteiger partial charge in [0.2, 0.25) is 0 Å². The molecule has 0 spiro atoms. The Labute approximate surface area is 124 Å². The van der Waals surface area contributed by atoms with Gasteiger partial charge in [-0.15, -0.1) is 0 Å². The Morgan fingerprint density at radius 3 is 2.85 bits per heavy atom. The molecule has 0 bridgehead atoms. The number of halogens is 1. The number of aromatic nitrogens is 2. The fraction of sp³-hybridized carbons (Fsp3) is 0.400. The van der Waals surface area contributed by atoms with Gasteiger partial charge in [0, 0.05) is 42.5 Å². The summed E-state index contributed by atoms with van der Waals surface area (Å²) in [6.07, 6.45) is 0. The topological polar surface area (TPSA) is 44.0 Å². The predicted octanol–water partition coefficient (Wildman–Crippen LogP) is 2.44. The summed E-state index contributed by atoms with van der Waals surface area (Å²) >= 11 is 6.06. The first-order chi connectivity index (χ1) is 9.72. The number of aromatic amines is 1. The lowest BCUT2D eigenvalue weighted by molar-refractivity contribution is 0.228. The van der Waals surface area contributed by atoms with Gasteiger partial charge in [-0.25, -0.2) is 4.98 Å². The Balaban J connectivity index is 1.80. The number of piperazine rings is 1. The zero-order chi connectivity index (χ0) is 13.9. The molecule has 20 heavy (non-hydrogen) atoms. The van der Waals surface area contributed by atoms with Crippen LogP contribution in [0.2, 0.25) is 5.02 Å². The van der Waals surface area contributed by atoms with Crippen LogP contribution in [-0.2, 0) is 6.54 Å². The summed E-state index contributed by atoms with van der Waals surface area (Å²) in [4.78, 5) is 10.5. The smallest absolute Gasteiger partial charge is 0.121 e. The van der Waals surface area contributed by atoms with Gasteiger partial charge in [0.05, 0.1) is 12.2 Å². The fourth-order valence-corrected chi connectivity index (χ4v) is 2.79. The van der Waals surface area contributed by atoms with Crippen molar-refractivity contribution in [1.29, 1.82) is 0 Å². The summed E-state index contributed by atoms with van der Waals surface area (Å²) in [5.74, 6) is 1.03. The van der Waals surface area contributed by atoms with Gasteiger partial charge in [-0.2, -0.15) is 0 Å². The van der Waals surface area contributed by atoms with Crippen molar-refractivity contribution in [3.05, 3.63) is 40.8 Å². The van der Waals surface area contributed by atoms with Crippen LogP contribution in [0.25, 0.3) is 11.3 Å². The first kappa shape index (κ1) is 13.6. The van der Waals surface area contributed by atoms with Crippen molar-refractivity contribution in [3.63, 3.8) is 0 Å².